The summed E-state index contributed by atoms with van der Waals surface area (Å²) in [5.74, 6) is 0.420. The van der Waals surface area contributed by atoms with Gasteiger partial charge in [-0.15, -0.1) is 0 Å². The van der Waals surface area contributed by atoms with Crippen molar-refractivity contribution in [3.63, 3.8) is 0 Å². The second kappa shape index (κ2) is 8.47. The summed E-state index contributed by atoms with van der Waals surface area (Å²) in [5.41, 5.74) is 2.48. The maximum Gasteiger partial charge on any atom is 0.404 e. The van der Waals surface area contributed by atoms with Crippen molar-refractivity contribution in [1.82, 2.24) is 29.2 Å². The molecule has 1 N–H and O–H groups in total. The number of pyridine rings is 2. The molecular formula is C21H16F3N7O2S. The first-order valence-corrected chi connectivity index (χ1v) is 11.2. The van der Waals surface area contributed by atoms with E-state index in [9.17, 15) is 26.9 Å². The summed E-state index contributed by atoms with van der Waals surface area (Å²) in [5, 5.41) is 9.89. The van der Waals surface area contributed by atoms with Crippen LogP contribution in [0.4, 0.5) is 13.2 Å². The fourth-order valence-corrected chi connectivity index (χ4v) is 4.48. The second-order valence-electron chi connectivity index (χ2n) is 7.38. The average molecular weight is 487 g/mol. The predicted molar refractivity (Wildman–Crippen MR) is 115 cm³/mol. The molecule has 13 heteroatoms. The van der Waals surface area contributed by atoms with Gasteiger partial charge in [0.2, 0.25) is 10.0 Å². The van der Waals surface area contributed by atoms with Gasteiger partial charge in [-0.25, -0.2) is 18.4 Å². The minimum Gasteiger partial charge on any atom is -0.289 e. The van der Waals surface area contributed by atoms with Crippen LogP contribution >= 0.6 is 0 Å². The van der Waals surface area contributed by atoms with Gasteiger partial charge in [-0.2, -0.15) is 23.2 Å². The highest BCUT2D eigenvalue weighted by Crippen LogP contribution is 2.34. The van der Waals surface area contributed by atoms with Crippen LogP contribution in [0.3, 0.4) is 0 Å². The Balaban J connectivity index is 1.87. The molecule has 0 aliphatic rings. The summed E-state index contributed by atoms with van der Waals surface area (Å²) < 4.78 is 66.4. The first-order valence-electron chi connectivity index (χ1n) is 9.76. The van der Waals surface area contributed by atoms with Crippen molar-refractivity contribution in [1.29, 1.82) is 5.26 Å². The highest BCUT2D eigenvalue weighted by Gasteiger charge is 2.39. The van der Waals surface area contributed by atoms with Gasteiger partial charge >= 0.3 is 6.18 Å². The molecule has 4 aromatic rings. The van der Waals surface area contributed by atoms with E-state index < -0.39 is 27.1 Å². The molecule has 0 radical (unpaired) electrons. The number of alkyl halides is 3. The SMILES string of the molecule is Cc1cnc2c(C#N)c(-c3ccc(S(=O)(=O)N[C@@H](C)C(F)(F)F)cn3)n(-c3ccncn3)c2c1. The second-order valence-corrected chi connectivity index (χ2v) is 9.10. The van der Waals surface area contributed by atoms with Crippen molar-refractivity contribution in [2.75, 3.05) is 0 Å². The molecule has 9 nitrogen and oxygen atoms in total. The quantitative estimate of drug-likeness (QED) is 0.458. The number of sulfonamides is 1. The Morgan fingerprint density at radius 3 is 2.50 bits per heavy atom. The molecule has 0 aliphatic carbocycles. The van der Waals surface area contributed by atoms with Crippen LogP contribution < -0.4 is 4.72 Å². The largest absolute Gasteiger partial charge is 0.404 e. The van der Waals surface area contributed by atoms with E-state index in [1.54, 1.807) is 21.6 Å². The molecule has 0 aromatic carbocycles. The van der Waals surface area contributed by atoms with Crippen LogP contribution in [0.5, 0.6) is 0 Å². The van der Waals surface area contributed by atoms with Crippen LogP contribution in [0.2, 0.25) is 0 Å². The standard InChI is InChI=1S/C21H16F3N7O2S/c1-12-7-17-19(28-9-12)15(8-25)20(31(17)18-5-6-26-11-29-18)16-4-3-14(10-27-16)34(32,33)30-13(2)21(22,23)24/h3-7,9-11,13,30H,1-2H3/t13-/m0/s1. The van der Waals surface area contributed by atoms with Crippen molar-refractivity contribution in [3.8, 4) is 23.3 Å². The lowest BCUT2D eigenvalue weighted by molar-refractivity contribution is -0.147. The number of fused-ring (bicyclic) bond motifs is 1. The number of hydrogen-bond donors (Lipinski definition) is 1. The van der Waals surface area contributed by atoms with Gasteiger partial charge in [-0.1, -0.05) is 0 Å². The van der Waals surface area contributed by atoms with E-state index in [0.717, 1.165) is 17.8 Å². The Morgan fingerprint density at radius 1 is 1.15 bits per heavy atom. The van der Waals surface area contributed by atoms with E-state index in [-0.39, 0.29) is 11.3 Å². The number of rotatable bonds is 5. The predicted octanol–water partition coefficient (Wildman–Crippen LogP) is 3.29. The molecule has 4 rings (SSSR count). The van der Waals surface area contributed by atoms with Gasteiger partial charge in [0.15, 0.2) is 0 Å². The summed E-state index contributed by atoms with van der Waals surface area (Å²) >= 11 is 0. The number of nitrogens with zero attached hydrogens (tertiary/aromatic N) is 6. The highest BCUT2D eigenvalue weighted by molar-refractivity contribution is 7.89. The molecule has 174 valence electrons. The molecule has 0 aliphatic heterocycles. The molecule has 0 spiro atoms. The molecule has 0 saturated carbocycles. The fourth-order valence-electron chi connectivity index (χ4n) is 3.31. The summed E-state index contributed by atoms with van der Waals surface area (Å²) in [6.07, 6.45) is 0.642. The minimum absolute atomic E-state index is 0.181. The topological polar surface area (TPSA) is 126 Å². The number of aryl methyl sites for hydroxylation is 1. The Hall–Kier alpha value is -3.89. The van der Waals surface area contributed by atoms with Crippen molar-refractivity contribution < 1.29 is 21.6 Å². The average Bonchev–Trinajstić information content (AvgIpc) is 3.12. The zero-order valence-corrected chi connectivity index (χ0v) is 18.6. The van der Waals surface area contributed by atoms with Crippen LogP contribution in [0.1, 0.15) is 18.1 Å². The van der Waals surface area contributed by atoms with E-state index in [0.29, 0.717) is 29.5 Å². The third-order valence-electron chi connectivity index (χ3n) is 4.96. The zero-order chi connectivity index (χ0) is 24.7. The maximum absolute atomic E-state index is 12.8. The molecule has 0 unspecified atom stereocenters. The lowest BCUT2D eigenvalue weighted by Gasteiger charge is -2.17. The Kier molecular flexibility index (Phi) is 5.80. The summed E-state index contributed by atoms with van der Waals surface area (Å²) in [4.78, 5) is 16.2. The third kappa shape index (κ3) is 4.20. The van der Waals surface area contributed by atoms with E-state index in [1.807, 2.05) is 13.0 Å². The van der Waals surface area contributed by atoms with Crippen LogP contribution in [0.15, 0.2) is 54.1 Å². The molecule has 4 aromatic heterocycles. The number of nitrogens with one attached hydrogen (secondary N) is 1. The Bertz CT molecular complexity index is 1510. The van der Waals surface area contributed by atoms with Gasteiger partial charge < -0.3 is 0 Å². The number of nitriles is 1. The van der Waals surface area contributed by atoms with Crippen molar-refractivity contribution in [2.24, 2.45) is 0 Å². The monoisotopic (exact) mass is 487 g/mol. The van der Waals surface area contributed by atoms with E-state index in [2.05, 4.69) is 26.0 Å². The normalized spacial score (nSPS) is 13.1. The first-order chi connectivity index (χ1) is 16.0. The Morgan fingerprint density at radius 2 is 1.91 bits per heavy atom. The van der Waals surface area contributed by atoms with Crippen LogP contribution in [-0.2, 0) is 10.0 Å². The van der Waals surface area contributed by atoms with E-state index >= 15 is 0 Å². The summed E-state index contributed by atoms with van der Waals surface area (Å²) in [6, 6.07) is 5.70. The van der Waals surface area contributed by atoms with Gasteiger partial charge in [-0.3, -0.25) is 14.5 Å². The minimum atomic E-state index is -4.74. The van der Waals surface area contributed by atoms with Gasteiger partial charge in [0.1, 0.15) is 40.2 Å². The number of halogens is 3. The van der Waals surface area contributed by atoms with E-state index in [1.165, 1.54) is 18.6 Å². The van der Waals surface area contributed by atoms with Crippen LogP contribution in [0.25, 0.3) is 28.2 Å². The molecule has 34 heavy (non-hydrogen) atoms. The molecule has 0 bridgehead atoms. The van der Waals surface area contributed by atoms with Gasteiger partial charge in [-0.05, 0) is 43.7 Å². The van der Waals surface area contributed by atoms with Crippen molar-refractivity contribution >= 4 is 21.1 Å². The molecular weight excluding hydrogens is 471 g/mol. The van der Waals surface area contributed by atoms with Crippen molar-refractivity contribution in [3.05, 3.63) is 60.3 Å². The van der Waals surface area contributed by atoms with Gasteiger partial charge in [0.25, 0.3) is 0 Å². The summed E-state index contributed by atoms with van der Waals surface area (Å²) in [6.45, 7) is 2.54. The van der Waals surface area contributed by atoms with Crippen LogP contribution in [-0.4, -0.2) is 45.1 Å². The van der Waals surface area contributed by atoms with Gasteiger partial charge in [0.05, 0.1) is 16.9 Å². The smallest absolute Gasteiger partial charge is 0.289 e. The number of aromatic nitrogens is 5. The molecule has 0 amide bonds. The van der Waals surface area contributed by atoms with Gasteiger partial charge in [0, 0.05) is 18.6 Å². The first kappa shape index (κ1) is 23.3. The lowest BCUT2D eigenvalue weighted by Crippen LogP contribution is -2.42. The fraction of sp³-hybridized carbons (Fsp3) is 0.190. The highest BCUT2D eigenvalue weighted by atomic mass is 32.2. The maximum atomic E-state index is 12.8. The third-order valence-corrected chi connectivity index (χ3v) is 6.49. The number of hydrogen-bond acceptors (Lipinski definition) is 7. The molecule has 1 atom stereocenters. The molecule has 4 heterocycles. The summed E-state index contributed by atoms with van der Waals surface area (Å²) in [7, 11) is -4.49. The van der Waals surface area contributed by atoms with E-state index in [4.69, 9.17) is 0 Å². The lowest BCUT2D eigenvalue weighted by atomic mass is 10.1. The zero-order valence-electron chi connectivity index (χ0n) is 17.7. The van der Waals surface area contributed by atoms with Crippen molar-refractivity contribution in [2.45, 2.75) is 31.0 Å². The Labute approximate surface area is 192 Å². The molecule has 0 saturated heterocycles. The molecule has 0 fully saturated rings. The van der Waals surface area contributed by atoms with Crippen LogP contribution in [0, 0.1) is 18.3 Å².